The Hall–Kier alpha value is -1.28. The number of piperidine rings is 1. The number of fused-ring (bicyclic) bond motifs is 1. The quantitative estimate of drug-likeness (QED) is 0.833. The maximum atomic E-state index is 9.91. The van der Waals surface area contributed by atoms with Gasteiger partial charge >= 0.3 is 0 Å². The first kappa shape index (κ1) is 12.5. The number of rotatable bonds is 2. The van der Waals surface area contributed by atoms with Crippen LogP contribution in [0.4, 0.5) is 0 Å². The Bertz CT molecular complexity index is 552. The third-order valence-corrected chi connectivity index (χ3v) is 6.05. The number of hydrogen-bond acceptors (Lipinski definition) is 2. The zero-order valence-corrected chi connectivity index (χ0v) is 12.0. The lowest BCUT2D eigenvalue weighted by Crippen LogP contribution is -2.57. The Balaban J connectivity index is 1.83. The van der Waals surface area contributed by atoms with E-state index in [1.807, 2.05) is 12.1 Å². The molecule has 2 nitrogen and oxygen atoms in total. The van der Waals surface area contributed by atoms with Crippen LogP contribution >= 0.6 is 0 Å². The second-order valence-electron chi connectivity index (χ2n) is 6.80. The van der Waals surface area contributed by atoms with E-state index in [1.54, 1.807) is 0 Å². The van der Waals surface area contributed by atoms with Crippen LogP contribution in [0.1, 0.15) is 36.8 Å². The van der Waals surface area contributed by atoms with Crippen LogP contribution in [0.2, 0.25) is 0 Å². The first-order chi connectivity index (χ1) is 9.74. The van der Waals surface area contributed by atoms with Crippen molar-refractivity contribution in [1.29, 1.82) is 0 Å². The van der Waals surface area contributed by atoms with Crippen LogP contribution in [-0.2, 0) is 11.8 Å². The van der Waals surface area contributed by atoms with Gasteiger partial charge in [0.25, 0.3) is 0 Å². The summed E-state index contributed by atoms with van der Waals surface area (Å²) >= 11 is 0. The Kier molecular flexibility index (Phi) is 2.71. The molecule has 0 radical (unpaired) electrons. The standard InChI is InChI=1S/C18H23NO/c1-2-9-19-10-8-18-7-3-4-15(18)17(19)11-13-5-6-14(20)12-16(13)18/h2,5-6,12,15,17,20H,1,3-4,7-11H2/t15-,17+,18+/m0/s1. The zero-order chi connectivity index (χ0) is 13.7. The Morgan fingerprint density at radius 2 is 2.30 bits per heavy atom. The van der Waals surface area contributed by atoms with E-state index >= 15 is 0 Å². The molecule has 106 valence electrons. The molecule has 2 fully saturated rings. The summed E-state index contributed by atoms with van der Waals surface area (Å²) in [6.07, 6.45) is 8.46. The number of benzene rings is 1. The second kappa shape index (κ2) is 4.36. The van der Waals surface area contributed by atoms with E-state index in [9.17, 15) is 5.11 Å². The molecule has 3 aliphatic rings. The SMILES string of the molecule is C=CCN1CC[C@]23CCC[C@H]2[C@H]1Cc1ccc(O)cc13. The number of likely N-dealkylation sites (tertiary alicyclic amines) is 1. The van der Waals surface area contributed by atoms with Crippen molar-refractivity contribution in [1.82, 2.24) is 4.90 Å². The molecule has 2 bridgehead atoms. The van der Waals surface area contributed by atoms with Gasteiger partial charge in [0.1, 0.15) is 5.75 Å². The van der Waals surface area contributed by atoms with E-state index in [4.69, 9.17) is 0 Å². The zero-order valence-electron chi connectivity index (χ0n) is 12.0. The van der Waals surface area contributed by atoms with Crippen molar-refractivity contribution in [3.05, 3.63) is 42.0 Å². The van der Waals surface area contributed by atoms with Gasteiger partial charge in [-0.2, -0.15) is 0 Å². The number of aromatic hydroxyl groups is 1. The molecular formula is C18H23NO. The molecule has 1 N–H and O–H groups in total. The molecule has 0 amide bonds. The third-order valence-electron chi connectivity index (χ3n) is 6.05. The molecule has 1 aromatic carbocycles. The van der Waals surface area contributed by atoms with Crippen molar-refractivity contribution in [3.8, 4) is 5.75 Å². The minimum Gasteiger partial charge on any atom is -0.508 e. The predicted octanol–water partition coefficient (Wildman–Crippen LogP) is 3.25. The molecule has 0 unspecified atom stereocenters. The maximum absolute atomic E-state index is 9.91. The average molecular weight is 269 g/mol. The van der Waals surface area contributed by atoms with E-state index in [0.717, 1.165) is 18.9 Å². The molecular weight excluding hydrogens is 246 g/mol. The van der Waals surface area contributed by atoms with Gasteiger partial charge in [-0.05, 0) is 61.4 Å². The molecule has 1 saturated heterocycles. The molecule has 1 saturated carbocycles. The number of phenolic OH excluding ortho intramolecular Hbond substituents is 1. The lowest BCUT2D eigenvalue weighted by atomic mass is 9.59. The Morgan fingerprint density at radius 1 is 1.40 bits per heavy atom. The summed E-state index contributed by atoms with van der Waals surface area (Å²) in [6.45, 7) is 6.13. The van der Waals surface area contributed by atoms with Gasteiger partial charge in [0.15, 0.2) is 0 Å². The van der Waals surface area contributed by atoms with E-state index < -0.39 is 0 Å². The maximum Gasteiger partial charge on any atom is 0.115 e. The van der Waals surface area contributed by atoms with Crippen LogP contribution in [0.25, 0.3) is 0 Å². The summed E-state index contributed by atoms with van der Waals surface area (Å²) in [7, 11) is 0. The largest absolute Gasteiger partial charge is 0.508 e. The van der Waals surface area contributed by atoms with Crippen LogP contribution in [0.3, 0.4) is 0 Å². The second-order valence-corrected chi connectivity index (χ2v) is 6.80. The highest BCUT2D eigenvalue weighted by Gasteiger charge is 2.54. The van der Waals surface area contributed by atoms with Gasteiger partial charge in [0.05, 0.1) is 0 Å². The van der Waals surface area contributed by atoms with Crippen LogP contribution in [0, 0.1) is 5.92 Å². The fourth-order valence-corrected chi connectivity index (χ4v) is 5.30. The van der Waals surface area contributed by atoms with Crippen molar-refractivity contribution in [2.45, 2.75) is 43.6 Å². The van der Waals surface area contributed by atoms with Crippen LogP contribution in [-0.4, -0.2) is 29.1 Å². The highest BCUT2D eigenvalue weighted by Crippen LogP contribution is 2.57. The highest BCUT2D eigenvalue weighted by atomic mass is 16.3. The van der Waals surface area contributed by atoms with Gasteiger partial charge in [-0.25, -0.2) is 0 Å². The van der Waals surface area contributed by atoms with E-state index in [1.165, 1.54) is 43.4 Å². The van der Waals surface area contributed by atoms with Crippen molar-refractivity contribution in [2.24, 2.45) is 5.92 Å². The molecule has 1 aliphatic heterocycles. The number of nitrogens with zero attached hydrogens (tertiary/aromatic N) is 1. The molecule has 20 heavy (non-hydrogen) atoms. The fourth-order valence-electron chi connectivity index (χ4n) is 5.30. The molecule has 0 aromatic heterocycles. The van der Waals surface area contributed by atoms with Gasteiger partial charge in [0.2, 0.25) is 0 Å². The average Bonchev–Trinajstić information content (AvgIpc) is 2.89. The first-order valence-corrected chi connectivity index (χ1v) is 7.92. The summed E-state index contributed by atoms with van der Waals surface area (Å²) in [5.41, 5.74) is 3.29. The molecule has 4 rings (SSSR count). The highest BCUT2D eigenvalue weighted by molar-refractivity contribution is 5.45. The summed E-state index contributed by atoms with van der Waals surface area (Å²) in [5.74, 6) is 1.22. The van der Waals surface area contributed by atoms with E-state index in [0.29, 0.717) is 17.2 Å². The van der Waals surface area contributed by atoms with Crippen molar-refractivity contribution >= 4 is 0 Å². The fraction of sp³-hybridized carbons (Fsp3) is 0.556. The van der Waals surface area contributed by atoms with Crippen molar-refractivity contribution in [2.75, 3.05) is 13.1 Å². The Labute approximate surface area is 121 Å². The molecule has 3 atom stereocenters. The molecule has 2 aliphatic carbocycles. The van der Waals surface area contributed by atoms with Crippen LogP contribution < -0.4 is 0 Å². The van der Waals surface area contributed by atoms with Crippen molar-refractivity contribution in [3.63, 3.8) is 0 Å². The van der Waals surface area contributed by atoms with Gasteiger partial charge in [-0.1, -0.05) is 18.6 Å². The predicted molar refractivity (Wildman–Crippen MR) is 81.0 cm³/mol. The smallest absolute Gasteiger partial charge is 0.115 e. The third kappa shape index (κ3) is 1.54. The lowest BCUT2D eigenvalue weighted by molar-refractivity contribution is 0.0398. The summed E-state index contributed by atoms with van der Waals surface area (Å²) in [6, 6.07) is 6.76. The summed E-state index contributed by atoms with van der Waals surface area (Å²) < 4.78 is 0. The van der Waals surface area contributed by atoms with Crippen LogP contribution in [0.5, 0.6) is 5.75 Å². The lowest BCUT2D eigenvalue weighted by Gasteiger charge is -2.54. The normalized spacial score (nSPS) is 35.4. The minimum absolute atomic E-state index is 0.356. The summed E-state index contributed by atoms with van der Waals surface area (Å²) in [4.78, 5) is 2.64. The minimum atomic E-state index is 0.356. The topological polar surface area (TPSA) is 23.5 Å². The van der Waals surface area contributed by atoms with E-state index in [-0.39, 0.29) is 0 Å². The summed E-state index contributed by atoms with van der Waals surface area (Å²) in [5, 5.41) is 9.91. The molecule has 2 heteroatoms. The van der Waals surface area contributed by atoms with Crippen molar-refractivity contribution < 1.29 is 5.11 Å². The van der Waals surface area contributed by atoms with E-state index in [2.05, 4.69) is 23.6 Å². The van der Waals surface area contributed by atoms with Gasteiger partial charge in [-0.15, -0.1) is 6.58 Å². The monoisotopic (exact) mass is 269 g/mol. The number of hydrogen-bond donors (Lipinski definition) is 1. The number of phenols is 1. The molecule has 1 heterocycles. The van der Waals surface area contributed by atoms with Gasteiger partial charge in [-0.3, -0.25) is 4.90 Å². The first-order valence-electron chi connectivity index (χ1n) is 7.92. The molecule has 0 spiro atoms. The van der Waals surface area contributed by atoms with Gasteiger partial charge in [0, 0.05) is 18.0 Å². The Morgan fingerprint density at radius 3 is 3.15 bits per heavy atom. The molecule has 1 aromatic rings. The van der Waals surface area contributed by atoms with Gasteiger partial charge < -0.3 is 5.11 Å². The van der Waals surface area contributed by atoms with Crippen LogP contribution in [0.15, 0.2) is 30.9 Å².